The molecule has 9 aromatic rings. The summed E-state index contributed by atoms with van der Waals surface area (Å²) in [6.45, 7) is 26.4. The molecular formula is C75H80N4O. The minimum absolute atomic E-state index is 0.0244. The Balaban J connectivity index is 0.913. The van der Waals surface area contributed by atoms with Crippen molar-refractivity contribution in [1.29, 1.82) is 0 Å². The lowest BCUT2D eigenvalue weighted by atomic mass is 9.61. The number of ether oxygens (including phenoxy) is 1. The van der Waals surface area contributed by atoms with Crippen LogP contribution in [-0.2, 0) is 27.1 Å². The first-order valence-electron chi connectivity index (χ1n) is 31.3. The Hall–Kier alpha value is -7.89. The lowest BCUT2D eigenvalue weighted by Gasteiger charge is -2.43. The van der Waals surface area contributed by atoms with Crippen molar-refractivity contribution in [3.63, 3.8) is 0 Å². The van der Waals surface area contributed by atoms with Crippen LogP contribution in [0.25, 0.3) is 44.5 Å². The minimum Gasteiger partial charge on any atom is -0.457 e. The van der Waals surface area contributed by atoms with Gasteiger partial charge in [-0.05, 0) is 151 Å². The van der Waals surface area contributed by atoms with Gasteiger partial charge in [0.05, 0.1) is 21.2 Å². The number of aromatic nitrogens is 1. The van der Waals surface area contributed by atoms with Crippen LogP contribution in [0.4, 0.5) is 34.3 Å². The first kappa shape index (κ1) is 47.0. The summed E-state index contributed by atoms with van der Waals surface area (Å²) in [6, 6.07) is 57.3. The Morgan fingerprint density at radius 3 is 1.76 bits per heavy atom. The molecule has 406 valence electrons. The van der Waals surface area contributed by atoms with E-state index in [-0.39, 0.29) is 39.9 Å². The molecule has 1 N–H and O–H groups in total. The van der Waals surface area contributed by atoms with Crippen molar-refractivity contribution in [2.24, 2.45) is 0 Å². The van der Waals surface area contributed by atoms with Crippen LogP contribution in [-0.4, -0.2) is 11.7 Å². The van der Waals surface area contributed by atoms with Crippen LogP contribution >= 0.6 is 0 Å². The molecule has 0 radical (unpaired) electrons. The average Bonchev–Trinajstić information content (AvgIpc) is 0.831. The van der Waals surface area contributed by atoms with Crippen LogP contribution in [0.5, 0.6) is 11.5 Å². The summed E-state index contributed by atoms with van der Waals surface area (Å²) >= 11 is 0. The van der Waals surface area contributed by atoms with E-state index in [0.717, 1.165) is 63.5 Å². The lowest BCUT2D eigenvalue weighted by molar-refractivity contribution is 0.333. The highest BCUT2D eigenvalue weighted by Crippen LogP contribution is 2.52. The maximum absolute atomic E-state index is 9.29. The second kappa shape index (κ2) is 20.3. The predicted molar refractivity (Wildman–Crippen MR) is 340 cm³/mol. The fraction of sp³-hybridized carbons (Fsp3) is 0.293. The van der Waals surface area contributed by atoms with Gasteiger partial charge in [-0.25, -0.2) is 4.98 Å². The third-order valence-electron chi connectivity index (χ3n) is 16.6. The van der Waals surface area contributed by atoms with E-state index in [1.807, 2.05) is 36.4 Å². The van der Waals surface area contributed by atoms with Gasteiger partial charge in [-0.1, -0.05) is 217 Å². The maximum atomic E-state index is 9.29. The number of nitrogens with one attached hydrogen (secondary N) is 1. The number of hydrogen-bond acceptors (Lipinski definition) is 5. The van der Waals surface area contributed by atoms with Crippen LogP contribution in [0.3, 0.4) is 0 Å². The predicted octanol–water partition coefficient (Wildman–Crippen LogP) is 21.1. The Morgan fingerprint density at radius 1 is 0.525 bits per heavy atom. The molecule has 0 atom stereocenters. The van der Waals surface area contributed by atoms with E-state index in [4.69, 9.17) is 16.6 Å². The van der Waals surface area contributed by atoms with Gasteiger partial charge in [-0.3, -0.25) is 0 Å². The van der Waals surface area contributed by atoms with Crippen molar-refractivity contribution in [2.75, 3.05) is 21.8 Å². The largest absolute Gasteiger partial charge is 0.457 e. The number of nitrogens with zero attached hydrogens (tertiary/aromatic N) is 3. The molecule has 0 saturated carbocycles. The van der Waals surface area contributed by atoms with Gasteiger partial charge in [0, 0.05) is 50.0 Å². The molecule has 2 heterocycles. The van der Waals surface area contributed by atoms with Gasteiger partial charge in [-0.2, -0.15) is 0 Å². The summed E-state index contributed by atoms with van der Waals surface area (Å²) in [5.41, 5.74) is 16.2. The third-order valence-corrected chi connectivity index (χ3v) is 16.6. The molecule has 1 aliphatic heterocycles. The molecule has 8 aromatic carbocycles. The van der Waals surface area contributed by atoms with E-state index >= 15 is 0 Å². The van der Waals surface area contributed by atoms with Gasteiger partial charge in [0.15, 0.2) is 0 Å². The molecule has 80 heavy (non-hydrogen) atoms. The van der Waals surface area contributed by atoms with Gasteiger partial charge >= 0.3 is 0 Å². The molecule has 5 heteroatoms. The SMILES string of the molecule is [2H]c1c([2H])c(-c2cnc(Nc3cc(C(C)(C)C)ccc3-c3ccc(Oc4cccc(N5CN(c6c(-c7cccc(C(C)(C)C)c7)cccc6-c6cccc(C(C)(C)C)c6)c6ccccc65)c4)cc3)cc2C([2H])([2H])[2H])c2c(c1[2H])C(C)(C)CCC2(C)C. The third kappa shape index (κ3) is 10.6. The van der Waals surface area contributed by atoms with E-state index in [1.54, 1.807) is 12.3 Å². The van der Waals surface area contributed by atoms with Crippen molar-refractivity contribution in [3.05, 3.63) is 221 Å². The number of anilines is 6. The van der Waals surface area contributed by atoms with Crippen molar-refractivity contribution >= 4 is 34.3 Å². The van der Waals surface area contributed by atoms with Gasteiger partial charge < -0.3 is 19.9 Å². The highest BCUT2D eigenvalue weighted by Gasteiger charge is 2.39. The fourth-order valence-corrected chi connectivity index (χ4v) is 11.7. The Labute approximate surface area is 486 Å². The highest BCUT2D eigenvalue weighted by atomic mass is 16.5. The second-order valence-corrected chi connectivity index (χ2v) is 26.5. The van der Waals surface area contributed by atoms with Gasteiger partial charge in [-0.15, -0.1) is 0 Å². The number of para-hydroxylation sites is 3. The number of hydrogen-bond donors (Lipinski definition) is 1. The van der Waals surface area contributed by atoms with E-state index in [0.29, 0.717) is 40.7 Å². The smallest absolute Gasteiger partial charge is 0.130 e. The molecule has 0 saturated heterocycles. The summed E-state index contributed by atoms with van der Waals surface area (Å²) < 4.78 is 60.6. The van der Waals surface area contributed by atoms with Crippen LogP contribution in [0.2, 0.25) is 0 Å². The summed E-state index contributed by atoms with van der Waals surface area (Å²) in [6.07, 6.45) is 3.13. The lowest BCUT2D eigenvalue weighted by Crippen LogP contribution is -2.34. The number of fused-ring (bicyclic) bond motifs is 2. The molecule has 0 unspecified atom stereocenters. The minimum atomic E-state index is -2.59. The first-order valence-corrected chi connectivity index (χ1v) is 28.3. The number of pyridine rings is 1. The highest BCUT2D eigenvalue weighted by molar-refractivity contribution is 5.99. The number of rotatable bonds is 10. The van der Waals surface area contributed by atoms with Gasteiger partial charge in [0.2, 0.25) is 0 Å². The van der Waals surface area contributed by atoms with Crippen LogP contribution < -0.4 is 19.9 Å². The molecule has 11 rings (SSSR count). The zero-order valence-corrected chi connectivity index (χ0v) is 49.0. The molecule has 0 bridgehead atoms. The average molecular weight is 1060 g/mol. The molecule has 0 fully saturated rings. The molecule has 5 nitrogen and oxygen atoms in total. The van der Waals surface area contributed by atoms with Crippen LogP contribution in [0.15, 0.2) is 188 Å². The maximum Gasteiger partial charge on any atom is 0.130 e. The van der Waals surface area contributed by atoms with E-state index in [2.05, 4.69) is 226 Å². The van der Waals surface area contributed by atoms with Crippen LogP contribution in [0, 0.1) is 6.85 Å². The fourth-order valence-electron chi connectivity index (χ4n) is 11.7. The van der Waals surface area contributed by atoms with E-state index < -0.39 is 17.7 Å². The molecule has 1 aliphatic carbocycles. The summed E-state index contributed by atoms with van der Waals surface area (Å²) in [5.74, 6) is 1.70. The first-order chi connectivity index (χ1) is 40.4. The number of aryl methyl sites for hydroxylation is 1. The monoisotopic (exact) mass is 1060 g/mol. The Morgan fingerprint density at radius 2 is 1.12 bits per heavy atom. The second-order valence-electron chi connectivity index (χ2n) is 26.5. The summed E-state index contributed by atoms with van der Waals surface area (Å²) in [5, 5.41) is 3.53. The Kier molecular flexibility index (Phi) is 11.9. The molecule has 1 aromatic heterocycles. The molecule has 0 spiro atoms. The van der Waals surface area contributed by atoms with Crippen LogP contribution in [0.1, 0.15) is 144 Å². The zero-order chi connectivity index (χ0) is 61.6. The summed E-state index contributed by atoms with van der Waals surface area (Å²) in [4.78, 5) is 9.72. The topological polar surface area (TPSA) is 40.6 Å². The normalized spacial score (nSPS) is 16.1. The Bertz CT molecular complexity index is 4010. The molecule has 0 amide bonds. The zero-order valence-electron chi connectivity index (χ0n) is 55.0. The molecular weight excluding hydrogens is 973 g/mol. The van der Waals surface area contributed by atoms with Crippen molar-refractivity contribution < 1.29 is 13.0 Å². The van der Waals surface area contributed by atoms with Gasteiger partial charge in [0.25, 0.3) is 0 Å². The van der Waals surface area contributed by atoms with Crippen molar-refractivity contribution in [1.82, 2.24) is 4.98 Å². The molecule has 2 aliphatic rings. The van der Waals surface area contributed by atoms with E-state index in [9.17, 15) is 1.37 Å². The standard InChI is InChI=1S/C75H80N4O/c1-49-42-68(76-47-63(49)62-30-21-31-64-69(62)75(13,14)41-40-74(64,11)12)77-65-45-55(73(8,9)10)36-39-59(65)50-34-37-57(38-35-50)80-58-27-19-26-56(46-58)78-48-79(67-33-16-15-32-66(67)78)70-60(51-22-17-24-53(43-51)71(2,3)4)28-20-29-61(70)52-23-18-25-54(44-52)72(5,6)7/h15-39,42-47H,40-41,48H2,1-14H3,(H,76,77)/i1D3,21D,30D,31D. The number of benzene rings is 8. The summed E-state index contributed by atoms with van der Waals surface area (Å²) in [7, 11) is 0. The van der Waals surface area contributed by atoms with Gasteiger partial charge in [0.1, 0.15) is 24.0 Å². The van der Waals surface area contributed by atoms with Crippen molar-refractivity contribution in [3.8, 4) is 56.0 Å². The van der Waals surface area contributed by atoms with Crippen molar-refractivity contribution in [2.45, 2.75) is 137 Å². The van der Waals surface area contributed by atoms with E-state index in [1.165, 1.54) is 33.4 Å². The quantitative estimate of drug-likeness (QED) is 0.148.